The van der Waals surface area contributed by atoms with Crippen LogP contribution in [0.4, 0.5) is 8.78 Å². The van der Waals surface area contributed by atoms with Crippen LogP contribution >= 0.6 is 24.0 Å². The molecule has 0 unspecified atom stereocenters. The fourth-order valence-corrected chi connectivity index (χ4v) is 3.22. The molecule has 0 aliphatic heterocycles. The predicted octanol–water partition coefficient (Wildman–Crippen LogP) is 3.52. The molecule has 0 saturated carbocycles. The number of hydrogen-bond donors (Lipinski definition) is 4. The molecule has 6 nitrogen and oxygen atoms in total. The Bertz CT molecular complexity index is 1040. The lowest BCUT2D eigenvalue weighted by atomic mass is 10.1. The minimum atomic E-state index is -0.319. The second-order valence-electron chi connectivity index (χ2n) is 7.09. The van der Waals surface area contributed by atoms with Crippen molar-refractivity contribution >= 4 is 46.7 Å². The van der Waals surface area contributed by atoms with Crippen molar-refractivity contribution in [2.24, 2.45) is 4.99 Å². The van der Waals surface area contributed by atoms with Gasteiger partial charge < -0.3 is 20.9 Å². The Balaban J connectivity index is 0.00000363. The minimum Gasteiger partial charge on any atom is -0.361 e. The molecule has 3 aromatic rings. The Morgan fingerprint density at radius 1 is 1.00 bits per heavy atom. The van der Waals surface area contributed by atoms with Crippen LogP contribution in [0.15, 0.2) is 53.7 Å². The number of carbonyl (C=O) groups is 1. The minimum absolute atomic E-state index is 0. The van der Waals surface area contributed by atoms with Crippen LogP contribution in [-0.2, 0) is 17.6 Å². The number of amides is 1. The Hall–Kier alpha value is -2.69. The molecule has 0 spiro atoms. The van der Waals surface area contributed by atoms with Gasteiger partial charge in [-0.15, -0.1) is 24.0 Å². The zero-order valence-corrected chi connectivity index (χ0v) is 20.2. The summed E-state index contributed by atoms with van der Waals surface area (Å²) in [5.74, 6) is -0.0444. The van der Waals surface area contributed by atoms with E-state index in [4.69, 9.17) is 0 Å². The van der Waals surface area contributed by atoms with Gasteiger partial charge in [-0.3, -0.25) is 9.79 Å². The Labute approximate surface area is 203 Å². The van der Waals surface area contributed by atoms with Crippen molar-refractivity contribution in [1.29, 1.82) is 0 Å². The van der Waals surface area contributed by atoms with Crippen molar-refractivity contribution in [3.8, 4) is 0 Å². The monoisotopic (exact) mass is 555 g/mol. The molecule has 2 aromatic carbocycles. The van der Waals surface area contributed by atoms with Crippen LogP contribution in [0.1, 0.15) is 18.1 Å². The van der Waals surface area contributed by atoms with E-state index in [9.17, 15) is 13.6 Å². The van der Waals surface area contributed by atoms with Gasteiger partial charge in [0.15, 0.2) is 5.96 Å². The summed E-state index contributed by atoms with van der Waals surface area (Å²) in [6.45, 7) is 4.17. The fourth-order valence-electron chi connectivity index (χ4n) is 3.22. The van der Waals surface area contributed by atoms with E-state index in [1.807, 2.05) is 13.1 Å². The Morgan fingerprint density at radius 2 is 1.72 bits per heavy atom. The van der Waals surface area contributed by atoms with Crippen molar-refractivity contribution in [2.75, 3.05) is 26.2 Å². The molecule has 172 valence electrons. The van der Waals surface area contributed by atoms with Crippen molar-refractivity contribution in [3.05, 3.63) is 71.4 Å². The van der Waals surface area contributed by atoms with Crippen LogP contribution in [0.2, 0.25) is 0 Å². The summed E-state index contributed by atoms with van der Waals surface area (Å²) < 4.78 is 26.4. The first-order chi connectivity index (χ1) is 15.0. The number of carbonyl (C=O) groups excluding carboxylic acids is 1. The highest BCUT2D eigenvalue weighted by Gasteiger charge is 2.06. The van der Waals surface area contributed by atoms with Gasteiger partial charge in [-0.2, -0.15) is 0 Å². The van der Waals surface area contributed by atoms with Gasteiger partial charge >= 0.3 is 0 Å². The first-order valence-corrected chi connectivity index (χ1v) is 10.3. The third-order valence-electron chi connectivity index (χ3n) is 4.74. The average Bonchev–Trinajstić information content (AvgIpc) is 3.15. The van der Waals surface area contributed by atoms with Crippen LogP contribution < -0.4 is 16.0 Å². The lowest BCUT2D eigenvalue weighted by Gasteiger charge is -2.12. The largest absolute Gasteiger partial charge is 0.361 e. The van der Waals surface area contributed by atoms with Gasteiger partial charge in [0.1, 0.15) is 11.6 Å². The summed E-state index contributed by atoms with van der Waals surface area (Å²) in [7, 11) is 0. The lowest BCUT2D eigenvalue weighted by Crippen LogP contribution is -2.41. The average molecular weight is 555 g/mol. The Kier molecular flexibility index (Phi) is 10.4. The van der Waals surface area contributed by atoms with E-state index < -0.39 is 0 Å². The summed E-state index contributed by atoms with van der Waals surface area (Å²) in [5, 5.41) is 10.0. The van der Waals surface area contributed by atoms with E-state index >= 15 is 0 Å². The predicted molar refractivity (Wildman–Crippen MR) is 134 cm³/mol. The normalized spacial score (nSPS) is 11.2. The van der Waals surface area contributed by atoms with Gasteiger partial charge in [0.25, 0.3) is 0 Å². The number of benzene rings is 2. The lowest BCUT2D eigenvalue weighted by molar-refractivity contribution is -0.120. The van der Waals surface area contributed by atoms with E-state index in [0.29, 0.717) is 38.6 Å². The number of aromatic nitrogens is 1. The number of H-pyrrole nitrogens is 1. The number of rotatable bonds is 9. The van der Waals surface area contributed by atoms with E-state index in [2.05, 4.69) is 25.9 Å². The highest BCUT2D eigenvalue weighted by molar-refractivity contribution is 14.0. The van der Waals surface area contributed by atoms with Gasteiger partial charge in [0.2, 0.25) is 5.91 Å². The van der Waals surface area contributed by atoms with Gasteiger partial charge in [0.05, 0.1) is 6.42 Å². The van der Waals surface area contributed by atoms with Crippen LogP contribution in [0.5, 0.6) is 0 Å². The highest BCUT2D eigenvalue weighted by atomic mass is 127. The van der Waals surface area contributed by atoms with E-state index in [0.717, 1.165) is 22.0 Å². The molecule has 0 aliphatic rings. The molecule has 0 bridgehead atoms. The summed E-state index contributed by atoms with van der Waals surface area (Å²) >= 11 is 0. The van der Waals surface area contributed by atoms with Crippen LogP contribution in [0.3, 0.4) is 0 Å². The molecule has 9 heteroatoms. The first kappa shape index (κ1) is 25.6. The maximum Gasteiger partial charge on any atom is 0.224 e. The molecule has 1 aromatic heterocycles. The van der Waals surface area contributed by atoms with E-state index in [-0.39, 0.29) is 47.9 Å². The third-order valence-corrected chi connectivity index (χ3v) is 4.74. The van der Waals surface area contributed by atoms with Gasteiger partial charge in [-0.25, -0.2) is 8.78 Å². The van der Waals surface area contributed by atoms with Gasteiger partial charge in [-0.05, 0) is 54.8 Å². The van der Waals surface area contributed by atoms with Crippen LogP contribution in [0, 0.1) is 11.6 Å². The number of nitrogens with one attached hydrogen (secondary N) is 4. The number of nitrogens with zero attached hydrogens (tertiary/aromatic N) is 1. The summed E-state index contributed by atoms with van der Waals surface area (Å²) in [5.41, 5.74) is 2.68. The number of guanidine groups is 1. The SMILES string of the molecule is CCNC(=NCCc1c[nH]c2ccc(F)cc12)NCCNC(=O)Cc1ccc(F)cc1.I. The molecule has 0 aliphatic carbocycles. The number of aliphatic imine (C=N–C) groups is 1. The maximum absolute atomic E-state index is 13.5. The summed E-state index contributed by atoms with van der Waals surface area (Å²) in [4.78, 5) is 19.7. The molecule has 0 radical (unpaired) electrons. The third kappa shape index (κ3) is 7.77. The molecular formula is C23H28F2IN5O. The van der Waals surface area contributed by atoms with Crippen LogP contribution in [0.25, 0.3) is 10.9 Å². The molecule has 0 atom stereocenters. The molecule has 32 heavy (non-hydrogen) atoms. The fraction of sp³-hybridized carbons (Fsp3) is 0.304. The second-order valence-corrected chi connectivity index (χ2v) is 7.09. The van der Waals surface area contributed by atoms with Gasteiger partial charge in [0, 0.05) is 43.3 Å². The van der Waals surface area contributed by atoms with E-state index in [1.165, 1.54) is 24.3 Å². The zero-order chi connectivity index (χ0) is 22.1. The van der Waals surface area contributed by atoms with Gasteiger partial charge in [-0.1, -0.05) is 12.1 Å². The van der Waals surface area contributed by atoms with Crippen molar-refractivity contribution in [2.45, 2.75) is 19.8 Å². The molecule has 0 fully saturated rings. The number of halogens is 3. The summed E-state index contributed by atoms with van der Waals surface area (Å²) in [6.07, 6.45) is 2.77. The highest BCUT2D eigenvalue weighted by Crippen LogP contribution is 2.19. The molecule has 3 rings (SSSR count). The maximum atomic E-state index is 13.5. The van der Waals surface area contributed by atoms with Crippen molar-refractivity contribution in [1.82, 2.24) is 20.9 Å². The standard InChI is InChI=1S/C23H27F2N5O.HI/c1-2-26-23(28-10-9-17-15-30-21-8-7-19(25)14-20(17)21)29-12-11-27-22(31)13-16-3-5-18(24)6-4-16;/h3-8,14-15,30H,2,9-13H2,1H3,(H,27,31)(H2,26,28,29);1H. The Morgan fingerprint density at radius 3 is 2.47 bits per heavy atom. The van der Waals surface area contributed by atoms with Crippen molar-refractivity contribution < 1.29 is 13.6 Å². The summed E-state index contributed by atoms with van der Waals surface area (Å²) in [6, 6.07) is 10.6. The molecular weight excluding hydrogens is 527 g/mol. The zero-order valence-electron chi connectivity index (χ0n) is 17.9. The number of fused-ring (bicyclic) bond motifs is 1. The number of aromatic amines is 1. The smallest absolute Gasteiger partial charge is 0.224 e. The molecule has 1 heterocycles. The molecule has 4 N–H and O–H groups in total. The molecule has 1 amide bonds. The van der Waals surface area contributed by atoms with Crippen molar-refractivity contribution in [3.63, 3.8) is 0 Å². The second kappa shape index (κ2) is 13.0. The first-order valence-electron chi connectivity index (χ1n) is 10.3. The quantitative estimate of drug-likeness (QED) is 0.141. The topological polar surface area (TPSA) is 81.3 Å². The number of hydrogen-bond acceptors (Lipinski definition) is 2. The molecule has 0 saturated heterocycles. The van der Waals surface area contributed by atoms with E-state index in [1.54, 1.807) is 18.2 Å². The van der Waals surface area contributed by atoms with Crippen LogP contribution in [-0.4, -0.2) is 43.0 Å².